The van der Waals surface area contributed by atoms with Crippen LogP contribution in [0.25, 0.3) is 10.9 Å². The van der Waals surface area contributed by atoms with E-state index in [1.807, 2.05) is 0 Å². The van der Waals surface area contributed by atoms with Crippen LogP contribution in [0.2, 0.25) is 5.02 Å². The minimum Gasteiger partial charge on any atom is -0.480 e. The molecule has 4 heterocycles. The van der Waals surface area contributed by atoms with E-state index in [9.17, 15) is 27.5 Å². The number of aromatic nitrogens is 3. The van der Waals surface area contributed by atoms with Gasteiger partial charge in [-0.25, -0.2) is 22.5 Å². The van der Waals surface area contributed by atoms with Crippen LogP contribution in [0, 0.1) is 5.92 Å². The highest BCUT2D eigenvalue weighted by atomic mass is 35.5. The Balaban J connectivity index is 1.38. The van der Waals surface area contributed by atoms with Gasteiger partial charge in [-0.3, -0.25) is 4.79 Å². The molecule has 2 fully saturated rings. The van der Waals surface area contributed by atoms with Crippen LogP contribution in [0.4, 0.5) is 40.7 Å². The van der Waals surface area contributed by atoms with Crippen molar-refractivity contribution in [2.45, 2.75) is 56.7 Å². The molecule has 0 bridgehead atoms. The Kier molecular flexibility index (Phi) is 6.49. The van der Waals surface area contributed by atoms with Gasteiger partial charge in [0.1, 0.15) is 11.1 Å². The summed E-state index contributed by atoms with van der Waals surface area (Å²) in [4.78, 5) is 23.2. The fourth-order valence-corrected chi connectivity index (χ4v) is 5.45. The molecule has 2 aromatic heterocycles. The lowest BCUT2D eigenvalue weighted by Gasteiger charge is -2.35. The smallest absolute Gasteiger partial charge is 0.301 e. The third kappa shape index (κ3) is 4.68. The molecule has 6 rings (SSSR count). The Morgan fingerprint density at radius 1 is 1.25 bits per heavy atom. The Morgan fingerprint density at radius 3 is 2.73 bits per heavy atom. The maximum absolute atomic E-state index is 15.0. The number of benzene rings is 1. The first-order valence-corrected chi connectivity index (χ1v) is 13.4. The predicted octanol–water partition coefficient (Wildman–Crippen LogP) is 4.63. The number of hydrogen-bond donors (Lipinski definition) is 3. The lowest BCUT2D eigenvalue weighted by Crippen LogP contribution is -2.51. The number of halogens is 5. The summed E-state index contributed by atoms with van der Waals surface area (Å²) in [6.07, 6.45) is 0.253. The summed E-state index contributed by atoms with van der Waals surface area (Å²) in [5.74, 6) is -6.44. The van der Waals surface area contributed by atoms with Crippen LogP contribution in [0.5, 0.6) is 5.75 Å². The number of aliphatic hydroxyl groups excluding tert-OH is 1. The normalized spacial score (nSPS) is 23.6. The minimum atomic E-state index is -3.19. The standard InChI is InChI=1S/C26H27ClF4N6O3/c1-2-37-17-6-5-14(33-22-16(27)10-32-24(35-22)36-8-7-25(28,29)18(38)11-36)9-15(17)19-20(23(37)39)40-12-26(30,31)21(34-19)13-3-4-13/h5-6,9-10,13,18,21,34,38H,2-4,7-8,11-12H2,1H3,(H,32,33,35)/t18-,21+/m1/s1. The van der Waals surface area contributed by atoms with Gasteiger partial charge in [-0.2, -0.15) is 4.98 Å². The number of ether oxygens (including phenoxy) is 1. The molecule has 1 aliphatic carbocycles. The van der Waals surface area contributed by atoms with Crippen molar-refractivity contribution >= 4 is 45.6 Å². The van der Waals surface area contributed by atoms with Gasteiger partial charge in [-0.05, 0) is 43.9 Å². The van der Waals surface area contributed by atoms with E-state index in [1.165, 1.54) is 15.7 Å². The second-order valence-corrected chi connectivity index (χ2v) is 10.9. The van der Waals surface area contributed by atoms with Gasteiger partial charge in [0.05, 0.1) is 30.0 Å². The van der Waals surface area contributed by atoms with Crippen LogP contribution in [-0.4, -0.2) is 63.3 Å². The van der Waals surface area contributed by atoms with E-state index >= 15 is 0 Å². The van der Waals surface area contributed by atoms with Crippen molar-refractivity contribution in [3.8, 4) is 5.75 Å². The van der Waals surface area contributed by atoms with E-state index in [-0.39, 0.29) is 47.2 Å². The highest BCUT2D eigenvalue weighted by Gasteiger charge is 2.51. The molecule has 3 aromatic rings. The average Bonchev–Trinajstić information content (AvgIpc) is 3.75. The number of alkyl halides is 4. The molecule has 40 heavy (non-hydrogen) atoms. The van der Waals surface area contributed by atoms with Gasteiger partial charge in [-0.15, -0.1) is 0 Å². The maximum Gasteiger partial charge on any atom is 0.301 e. The summed E-state index contributed by atoms with van der Waals surface area (Å²) in [6.45, 7) is 0.778. The van der Waals surface area contributed by atoms with Gasteiger partial charge in [0, 0.05) is 30.6 Å². The van der Waals surface area contributed by atoms with E-state index in [0.29, 0.717) is 36.0 Å². The van der Waals surface area contributed by atoms with Gasteiger partial charge in [0.25, 0.3) is 11.5 Å². The van der Waals surface area contributed by atoms with E-state index in [1.54, 1.807) is 25.1 Å². The number of piperidine rings is 1. The number of pyridine rings is 1. The molecular formula is C26H27ClF4N6O3. The Labute approximate surface area is 231 Å². The zero-order chi connectivity index (χ0) is 28.4. The summed E-state index contributed by atoms with van der Waals surface area (Å²) in [7, 11) is 0. The molecule has 214 valence electrons. The highest BCUT2D eigenvalue weighted by Crippen LogP contribution is 2.46. The van der Waals surface area contributed by atoms with Crippen LogP contribution in [-0.2, 0) is 6.54 Å². The molecule has 0 radical (unpaired) electrons. The SMILES string of the molecule is CCn1c(=O)c2c(c3cc(Nc4nc(N5CCC(F)(F)[C@H](O)C5)ncc4Cl)ccc31)N[C@@H](C1CC1)C(F)(F)CO2. The monoisotopic (exact) mass is 582 g/mol. The fourth-order valence-electron chi connectivity index (χ4n) is 5.31. The van der Waals surface area contributed by atoms with Crippen molar-refractivity contribution in [2.75, 3.05) is 35.2 Å². The topological polar surface area (TPSA) is 105 Å². The van der Waals surface area contributed by atoms with Gasteiger partial charge < -0.3 is 29.9 Å². The predicted molar refractivity (Wildman–Crippen MR) is 143 cm³/mol. The van der Waals surface area contributed by atoms with Gasteiger partial charge >= 0.3 is 5.92 Å². The van der Waals surface area contributed by atoms with Crippen molar-refractivity contribution in [2.24, 2.45) is 5.92 Å². The van der Waals surface area contributed by atoms with E-state index in [0.717, 1.165) is 0 Å². The number of nitrogens with one attached hydrogen (secondary N) is 2. The summed E-state index contributed by atoms with van der Waals surface area (Å²) >= 11 is 6.34. The Morgan fingerprint density at radius 2 is 2.02 bits per heavy atom. The number of fused-ring (bicyclic) bond motifs is 3. The molecule has 9 nitrogen and oxygen atoms in total. The fraction of sp³-hybridized carbons (Fsp3) is 0.500. The van der Waals surface area contributed by atoms with Crippen LogP contribution in [0.15, 0.2) is 29.2 Å². The second kappa shape index (κ2) is 9.65. The Hall–Kier alpha value is -3.32. The third-order valence-electron chi connectivity index (χ3n) is 7.67. The molecule has 3 N–H and O–H groups in total. The minimum absolute atomic E-state index is 0.0553. The van der Waals surface area contributed by atoms with Crippen molar-refractivity contribution in [1.29, 1.82) is 0 Å². The van der Waals surface area contributed by atoms with Crippen LogP contribution in [0.1, 0.15) is 26.2 Å². The van der Waals surface area contributed by atoms with E-state index < -0.39 is 42.6 Å². The van der Waals surface area contributed by atoms with Gasteiger partial charge in [-0.1, -0.05) is 11.6 Å². The molecule has 0 unspecified atom stereocenters. The Bertz CT molecular complexity index is 1530. The lowest BCUT2D eigenvalue weighted by molar-refractivity contribution is -0.118. The lowest BCUT2D eigenvalue weighted by atomic mass is 10.0. The number of aliphatic hydroxyl groups is 1. The molecule has 2 atom stereocenters. The molecule has 0 amide bonds. The summed E-state index contributed by atoms with van der Waals surface area (Å²) in [5, 5.41) is 16.5. The van der Waals surface area contributed by atoms with Crippen LogP contribution in [0.3, 0.4) is 0 Å². The zero-order valence-corrected chi connectivity index (χ0v) is 22.2. The van der Waals surface area contributed by atoms with Gasteiger partial charge in [0.2, 0.25) is 11.7 Å². The summed E-state index contributed by atoms with van der Waals surface area (Å²) < 4.78 is 64.4. The van der Waals surface area contributed by atoms with E-state index in [2.05, 4.69) is 20.6 Å². The van der Waals surface area contributed by atoms with Crippen molar-refractivity contribution in [3.63, 3.8) is 0 Å². The molecule has 14 heteroatoms. The molecule has 1 saturated carbocycles. The highest BCUT2D eigenvalue weighted by molar-refractivity contribution is 6.33. The van der Waals surface area contributed by atoms with Crippen molar-refractivity contribution in [1.82, 2.24) is 14.5 Å². The number of hydrogen-bond acceptors (Lipinski definition) is 8. The van der Waals surface area contributed by atoms with Crippen LogP contribution < -0.4 is 25.8 Å². The largest absolute Gasteiger partial charge is 0.480 e. The number of aryl methyl sites for hydroxylation is 1. The number of β-amino-alcohol motifs (C(OH)–C–C–N with tert-alkyl or cyclic N) is 1. The second-order valence-electron chi connectivity index (χ2n) is 10.5. The molecule has 1 aromatic carbocycles. The first-order chi connectivity index (χ1) is 19.0. The third-order valence-corrected chi connectivity index (χ3v) is 7.95. The van der Waals surface area contributed by atoms with Crippen molar-refractivity contribution < 1.29 is 27.4 Å². The maximum atomic E-state index is 15.0. The summed E-state index contributed by atoms with van der Waals surface area (Å²) in [5.41, 5.74) is 0.724. The van der Waals surface area contributed by atoms with Gasteiger partial charge in [0.15, 0.2) is 12.4 Å². The van der Waals surface area contributed by atoms with Crippen molar-refractivity contribution in [3.05, 3.63) is 39.8 Å². The number of nitrogens with zero attached hydrogens (tertiary/aromatic N) is 4. The molecule has 2 aliphatic heterocycles. The summed E-state index contributed by atoms with van der Waals surface area (Å²) in [6, 6.07) is 3.90. The van der Waals surface area contributed by atoms with Crippen LogP contribution >= 0.6 is 11.6 Å². The first kappa shape index (κ1) is 26.9. The number of anilines is 4. The quantitative estimate of drug-likeness (QED) is 0.374. The molecule has 1 saturated heterocycles. The number of rotatable bonds is 5. The zero-order valence-electron chi connectivity index (χ0n) is 21.4. The molecule has 0 spiro atoms. The first-order valence-electron chi connectivity index (χ1n) is 13.1. The molecular weight excluding hydrogens is 556 g/mol. The van der Waals surface area contributed by atoms with E-state index in [4.69, 9.17) is 16.3 Å². The molecule has 3 aliphatic rings. The average molecular weight is 583 g/mol.